The molecular formula is C17H25NO4. The lowest BCUT2D eigenvalue weighted by atomic mass is 10.1. The van der Waals surface area contributed by atoms with Gasteiger partial charge in [0.1, 0.15) is 12.4 Å². The monoisotopic (exact) mass is 307 g/mol. The molecule has 0 aromatic heterocycles. The third-order valence-corrected chi connectivity index (χ3v) is 3.72. The second-order valence-corrected chi connectivity index (χ2v) is 5.42. The average molecular weight is 307 g/mol. The highest BCUT2D eigenvalue weighted by molar-refractivity contribution is 5.77. The summed E-state index contributed by atoms with van der Waals surface area (Å²) in [6.07, 6.45) is 4.21. The summed E-state index contributed by atoms with van der Waals surface area (Å²) >= 11 is 0. The molecule has 1 N–H and O–H groups in total. The van der Waals surface area contributed by atoms with Crippen LogP contribution in [-0.2, 0) is 20.7 Å². The molecule has 2 rings (SSSR count). The fourth-order valence-electron chi connectivity index (χ4n) is 2.52. The summed E-state index contributed by atoms with van der Waals surface area (Å²) in [5.41, 5.74) is 1.09. The molecule has 0 unspecified atom stereocenters. The van der Waals surface area contributed by atoms with Gasteiger partial charge in [0, 0.05) is 13.2 Å². The molecule has 1 heterocycles. The van der Waals surface area contributed by atoms with Gasteiger partial charge < -0.3 is 19.5 Å². The van der Waals surface area contributed by atoms with Crippen molar-refractivity contribution in [1.29, 1.82) is 0 Å². The molecule has 1 aromatic rings. The van der Waals surface area contributed by atoms with Crippen molar-refractivity contribution < 1.29 is 19.0 Å². The highest BCUT2D eigenvalue weighted by Crippen LogP contribution is 2.17. The summed E-state index contributed by atoms with van der Waals surface area (Å²) in [4.78, 5) is 11.7. The minimum atomic E-state index is -0.0919. The average Bonchev–Trinajstić information content (AvgIpc) is 2.56. The van der Waals surface area contributed by atoms with E-state index in [1.54, 1.807) is 7.11 Å². The van der Waals surface area contributed by atoms with Gasteiger partial charge in [-0.3, -0.25) is 4.79 Å². The van der Waals surface area contributed by atoms with E-state index in [1.807, 2.05) is 24.3 Å². The first-order valence-electron chi connectivity index (χ1n) is 7.87. The van der Waals surface area contributed by atoms with Crippen LogP contribution in [0.4, 0.5) is 0 Å². The third-order valence-electron chi connectivity index (χ3n) is 3.72. The number of nitrogens with one attached hydrogen (secondary N) is 1. The molecule has 0 saturated carbocycles. The smallest absolute Gasteiger partial charge is 0.246 e. The van der Waals surface area contributed by atoms with Crippen LogP contribution in [0.3, 0.4) is 0 Å². The quantitative estimate of drug-likeness (QED) is 0.797. The Bertz CT molecular complexity index is 458. The van der Waals surface area contributed by atoms with Gasteiger partial charge in [-0.15, -0.1) is 0 Å². The van der Waals surface area contributed by atoms with E-state index >= 15 is 0 Å². The zero-order valence-corrected chi connectivity index (χ0v) is 13.2. The molecule has 1 atom stereocenters. The Morgan fingerprint density at radius 3 is 3.00 bits per heavy atom. The topological polar surface area (TPSA) is 56.8 Å². The van der Waals surface area contributed by atoms with Crippen molar-refractivity contribution in [3.8, 4) is 5.75 Å². The van der Waals surface area contributed by atoms with Gasteiger partial charge in [-0.25, -0.2) is 0 Å². The summed E-state index contributed by atoms with van der Waals surface area (Å²) in [7, 11) is 1.65. The van der Waals surface area contributed by atoms with Crippen LogP contribution in [-0.4, -0.2) is 45.5 Å². The number of hydrogen-bond acceptors (Lipinski definition) is 4. The minimum Gasteiger partial charge on any atom is -0.496 e. The molecule has 5 nitrogen and oxygen atoms in total. The van der Waals surface area contributed by atoms with Crippen molar-refractivity contribution in [2.75, 3.05) is 33.5 Å². The molecular weight excluding hydrogens is 282 g/mol. The van der Waals surface area contributed by atoms with Gasteiger partial charge in [-0.05, 0) is 37.3 Å². The zero-order valence-electron chi connectivity index (χ0n) is 13.2. The highest BCUT2D eigenvalue weighted by Gasteiger charge is 2.14. The van der Waals surface area contributed by atoms with E-state index in [-0.39, 0.29) is 18.6 Å². The molecule has 0 aliphatic carbocycles. The lowest BCUT2D eigenvalue weighted by Gasteiger charge is -2.22. The van der Waals surface area contributed by atoms with E-state index < -0.39 is 0 Å². The SMILES string of the molecule is COc1ccccc1CCNC(=O)COC[C@H]1CCCCO1. The molecule has 122 valence electrons. The van der Waals surface area contributed by atoms with Gasteiger partial charge in [0.2, 0.25) is 5.91 Å². The Kier molecular flexibility index (Phi) is 7.19. The molecule has 1 aromatic carbocycles. The summed E-state index contributed by atoms with van der Waals surface area (Å²) in [6, 6.07) is 7.82. The number of hydrogen-bond donors (Lipinski definition) is 1. The summed E-state index contributed by atoms with van der Waals surface area (Å²) in [5, 5.41) is 2.86. The second kappa shape index (κ2) is 9.43. The minimum absolute atomic E-state index is 0.0891. The number of carbonyl (C=O) groups is 1. The first-order chi connectivity index (χ1) is 10.8. The Hall–Kier alpha value is -1.59. The molecule has 0 bridgehead atoms. The van der Waals surface area contributed by atoms with Crippen molar-refractivity contribution in [2.24, 2.45) is 0 Å². The van der Waals surface area contributed by atoms with Crippen molar-refractivity contribution in [3.63, 3.8) is 0 Å². The van der Waals surface area contributed by atoms with Gasteiger partial charge in [-0.1, -0.05) is 18.2 Å². The van der Waals surface area contributed by atoms with Gasteiger partial charge in [0.25, 0.3) is 0 Å². The Morgan fingerprint density at radius 2 is 2.23 bits per heavy atom. The molecule has 0 spiro atoms. The van der Waals surface area contributed by atoms with Crippen molar-refractivity contribution >= 4 is 5.91 Å². The van der Waals surface area contributed by atoms with Crippen LogP contribution in [0.5, 0.6) is 5.75 Å². The predicted molar refractivity (Wildman–Crippen MR) is 84.1 cm³/mol. The van der Waals surface area contributed by atoms with Crippen LogP contribution in [0.2, 0.25) is 0 Å². The van der Waals surface area contributed by atoms with E-state index in [0.717, 1.165) is 37.2 Å². The fraction of sp³-hybridized carbons (Fsp3) is 0.588. The number of para-hydroxylation sites is 1. The highest BCUT2D eigenvalue weighted by atomic mass is 16.5. The molecule has 1 aliphatic rings. The van der Waals surface area contributed by atoms with Crippen molar-refractivity contribution in [2.45, 2.75) is 31.8 Å². The van der Waals surface area contributed by atoms with Crippen molar-refractivity contribution in [3.05, 3.63) is 29.8 Å². The third kappa shape index (κ3) is 5.66. The Morgan fingerprint density at radius 1 is 1.36 bits per heavy atom. The van der Waals surface area contributed by atoms with E-state index in [9.17, 15) is 4.79 Å². The number of amides is 1. The summed E-state index contributed by atoms with van der Waals surface area (Å²) in [6.45, 7) is 1.97. The van der Waals surface area contributed by atoms with Crippen LogP contribution < -0.4 is 10.1 Å². The molecule has 1 amide bonds. The Labute approximate surface area is 131 Å². The van der Waals surface area contributed by atoms with E-state index in [1.165, 1.54) is 6.42 Å². The standard InChI is InChI=1S/C17H25NO4/c1-20-16-8-3-2-6-14(16)9-10-18-17(19)13-21-12-15-7-4-5-11-22-15/h2-3,6,8,15H,4-5,7,9-13H2,1H3,(H,18,19)/t15-/m1/s1. The second-order valence-electron chi connectivity index (χ2n) is 5.42. The molecule has 1 aliphatic heterocycles. The van der Waals surface area contributed by atoms with E-state index in [2.05, 4.69) is 5.32 Å². The molecule has 22 heavy (non-hydrogen) atoms. The summed E-state index contributed by atoms with van der Waals surface area (Å²) in [5.74, 6) is 0.758. The zero-order chi connectivity index (χ0) is 15.6. The fourth-order valence-corrected chi connectivity index (χ4v) is 2.52. The lowest BCUT2D eigenvalue weighted by Crippen LogP contribution is -2.32. The lowest BCUT2D eigenvalue weighted by molar-refractivity contribution is -0.127. The number of ether oxygens (including phenoxy) is 3. The number of benzene rings is 1. The number of rotatable bonds is 8. The van der Waals surface area contributed by atoms with Gasteiger partial charge >= 0.3 is 0 Å². The molecule has 0 radical (unpaired) electrons. The molecule has 1 saturated heterocycles. The van der Waals surface area contributed by atoms with Crippen LogP contribution in [0.1, 0.15) is 24.8 Å². The van der Waals surface area contributed by atoms with Gasteiger partial charge in [0.15, 0.2) is 0 Å². The maximum Gasteiger partial charge on any atom is 0.246 e. The first-order valence-corrected chi connectivity index (χ1v) is 7.87. The van der Waals surface area contributed by atoms with Crippen molar-refractivity contribution in [1.82, 2.24) is 5.32 Å². The van der Waals surface area contributed by atoms with Crippen LogP contribution >= 0.6 is 0 Å². The maximum atomic E-state index is 11.7. The van der Waals surface area contributed by atoms with E-state index in [0.29, 0.717) is 13.2 Å². The molecule has 1 fully saturated rings. The predicted octanol–water partition coefficient (Wildman–Crippen LogP) is 1.94. The van der Waals surface area contributed by atoms with Crippen LogP contribution in [0.25, 0.3) is 0 Å². The first kappa shape index (κ1) is 16.8. The number of methoxy groups -OCH3 is 1. The number of carbonyl (C=O) groups excluding carboxylic acids is 1. The Balaban J connectivity index is 1.59. The van der Waals surface area contributed by atoms with Crippen LogP contribution in [0.15, 0.2) is 24.3 Å². The summed E-state index contributed by atoms with van der Waals surface area (Å²) < 4.78 is 16.3. The van der Waals surface area contributed by atoms with E-state index in [4.69, 9.17) is 14.2 Å². The molecule has 5 heteroatoms. The normalized spacial score (nSPS) is 18.0. The largest absolute Gasteiger partial charge is 0.496 e. The van der Waals surface area contributed by atoms with Gasteiger partial charge in [0.05, 0.1) is 19.8 Å². The van der Waals surface area contributed by atoms with Gasteiger partial charge in [-0.2, -0.15) is 0 Å². The van der Waals surface area contributed by atoms with Crippen LogP contribution in [0, 0.1) is 0 Å². The maximum absolute atomic E-state index is 11.7.